The van der Waals surface area contributed by atoms with Crippen LogP contribution in [-0.2, 0) is 0 Å². The molecule has 0 aliphatic heterocycles. The van der Waals surface area contributed by atoms with Crippen LogP contribution in [-0.4, -0.2) is 12.1 Å². The van der Waals surface area contributed by atoms with E-state index in [9.17, 15) is 0 Å². The highest BCUT2D eigenvalue weighted by molar-refractivity contribution is 6.42. The molecule has 0 saturated heterocycles. The number of halogens is 4. The van der Waals surface area contributed by atoms with E-state index in [1.165, 1.54) is 13.3 Å². The average molecular weight is 323 g/mol. The molecule has 0 saturated carbocycles. The van der Waals surface area contributed by atoms with Crippen LogP contribution in [0.5, 0.6) is 5.88 Å². The number of nitrogens with zero attached hydrogens (tertiary/aromatic N) is 1. The summed E-state index contributed by atoms with van der Waals surface area (Å²) in [5, 5.41) is 1.75. The minimum absolute atomic E-state index is 0.394. The molecule has 0 amide bonds. The van der Waals surface area contributed by atoms with Gasteiger partial charge in [-0.05, 0) is 18.2 Å². The van der Waals surface area contributed by atoms with E-state index in [1.807, 2.05) is 0 Å². The molecule has 0 bridgehead atoms. The predicted molar refractivity (Wildman–Crippen MR) is 76.3 cm³/mol. The van der Waals surface area contributed by atoms with Crippen LogP contribution in [0.2, 0.25) is 20.1 Å². The highest BCUT2D eigenvalue weighted by Gasteiger charge is 2.16. The lowest BCUT2D eigenvalue weighted by Crippen LogP contribution is -1.93. The number of aromatic nitrogens is 1. The minimum atomic E-state index is 0.394. The number of benzene rings is 1. The van der Waals surface area contributed by atoms with Gasteiger partial charge in [-0.2, -0.15) is 0 Å². The molecule has 1 heterocycles. The lowest BCUT2D eigenvalue weighted by atomic mass is 10.1. The molecule has 94 valence electrons. The van der Waals surface area contributed by atoms with E-state index in [-0.39, 0.29) is 0 Å². The van der Waals surface area contributed by atoms with Crippen LogP contribution >= 0.6 is 46.4 Å². The van der Waals surface area contributed by atoms with Gasteiger partial charge in [-0.1, -0.05) is 46.4 Å². The lowest BCUT2D eigenvalue weighted by Gasteiger charge is -2.11. The van der Waals surface area contributed by atoms with E-state index >= 15 is 0 Å². The van der Waals surface area contributed by atoms with Crippen molar-refractivity contribution in [2.45, 2.75) is 0 Å². The topological polar surface area (TPSA) is 22.1 Å². The van der Waals surface area contributed by atoms with E-state index < -0.39 is 0 Å². The van der Waals surface area contributed by atoms with Gasteiger partial charge in [-0.25, -0.2) is 4.98 Å². The molecular weight excluding hydrogens is 316 g/mol. The Morgan fingerprint density at radius 2 is 1.56 bits per heavy atom. The van der Waals surface area contributed by atoms with Gasteiger partial charge in [0.2, 0.25) is 5.88 Å². The molecule has 2 nitrogen and oxygen atoms in total. The number of rotatable bonds is 2. The normalized spacial score (nSPS) is 10.5. The third-order valence-electron chi connectivity index (χ3n) is 2.29. The molecule has 2 rings (SSSR count). The Bertz CT molecular complexity index is 578. The maximum Gasteiger partial charge on any atom is 0.221 e. The molecule has 2 aromatic rings. The first-order valence-corrected chi connectivity index (χ1v) is 6.38. The molecule has 0 aliphatic rings. The van der Waals surface area contributed by atoms with Crippen LogP contribution in [0.15, 0.2) is 24.4 Å². The zero-order valence-electron chi connectivity index (χ0n) is 9.18. The van der Waals surface area contributed by atoms with Gasteiger partial charge in [0.15, 0.2) is 0 Å². The summed E-state index contributed by atoms with van der Waals surface area (Å²) >= 11 is 24.1. The van der Waals surface area contributed by atoms with Crippen molar-refractivity contribution in [1.29, 1.82) is 0 Å². The van der Waals surface area contributed by atoms with Crippen molar-refractivity contribution >= 4 is 46.4 Å². The summed E-state index contributed by atoms with van der Waals surface area (Å²) in [6.07, 6.45) is 1.49. The van der Waals surface area contributed by atoms with Crippen molar-refractivity contribution < 1.29 is 4.74 Å². The standard InChI is InChI=1S/C12H7Cl4NO/c1-18-12-8(2-7(14)5-17-12)11-9(15)3-6(13)4-10(11)16/h2-5H,1H3. The maximum absolute atomic E-state index is 6.16. The molecule has 6 heteroatoms. The van der Waals surface area contributed by atoms with Gasteiger partial charge >= 0.3 is 0 Å². The third-order valence-corrected chi connectivity index (χ3v) is 3.31. The number of hydrogen-bond donors (Lipinski definition) is 0. The Morgan fingerprint density at radius 1 is 0.944 bits per heavy atom. The van der Waals surface area contributed by atoms with Gasteiger partial charge in [-0.3, -0.25) is 0 Å². The number of methoxy groups -OCH3 is 1. The molecule has 18 heavy (non-hydrogen) atoms. The summed E-state index contributed by atoms with van der Waals surface area (Å²) in [6, 6.07) is 4.89. The van der Waals surface area contributed by atoms with Gasteiger partial charge in [0.1, 0.15) is 0 Å². The molecule has 0 unspecified atom stereocenters. The minimum Gasteiger partial charge on any atom is -0.481 e. The highest BCUT2D eigenvalue weighted by Crippen LogP contribution is 2.41. The second-order valence-corrected chi connectivity index (χ2v) is 5.14. The summed E-state index contributed by atoms with van der Waals surface area (Å²) in [6.45, 7) is 0. The van der Waals surface area contributed by atoms with Crippen molar-refractivity contribution in [2.75, 3.05) is 7.11 Å². The van der Waals surface area contributed by atoms with E-state index in [0.29, 0.717) is 37.1 Å². The SMILES string of the molecule is COc1ncc(Cl)cc1-c1c(Cl)cc(Cl)cc1Cl. The number of ether oxygens (including phenoxy) is 1. The van der Waals surface area contributed by atoms with Crippen LogP contribution in [0.1, 0.15) is 0 Å². The summed E-state index contributed by atoms with van der Waals surface area (Å²) in [4.78, 5) is 4.07. The van der Waals surface area contributed by atoms with E-state index in [0.717, 1.165) is 0 Å². The fraction of sp³-hybridized carbons (Fsp3) is 0.0833. The number of hydrogen-bond acceptors (Lipinski definition) is 2. The average Bonchev–Trinajstić information content (AvgIpc) is 2.28. The molecule has 0 radical (unpaired) electrons. The second-order valence-electron chi connectivity index (χ2n) is 3.45. The molecular formula is C12H7Cl4NO. The quantitative estimate of drug-likeness (QED) is 0.741. The van der Waals surface area contributed by atoms with Crippen molar-refractivity contribution in [2.24, 2.45) is 0 Å². The van der Waals surface area contributed by atoms with Gasteiger partial charge in [0.05, 0.1) is 22.2 Å². The van der Waals surface area contributed by atoms with Crippen LogP contribution < -0.4 is 4.74 Å². The fourth-order valence-electron chi connectivity index (χ4n) is 1.57. The molecule has 0 fully saturated rings. The lowest BCUT2D eigenvalue weighted by molar-refractivity contribution is 0.399. The summed E-state index contributed by atoms with van der Waals surface area (Å²) in [5.74, 6) is 0.394. The summed E-state index contributed by atoms with van der Waals surface area (Å²) in [7, 11) is 1.51. The first-order chi connectivity index (χ1) is 8.52. The smallest absolute Gasteiger partial charge is 0.221 e. The van der Waals surface area contributed by atoms with Crippen LogP contribution in [0.4, 0.5) is 0 Å². The molecule has 1 aromatic heterocycles. The molecule has 0 spiro atoms. The first-order valence-electron chi connectivity index (χ1n) is 4.87. The Kier molecular flexibility index (Phi) is 4.23. The third kappa shape index (κ3) is 2.67. The molecule has 1 aromatic carbocycles. The zero-order valence-corrected chi connectivity index (χ0v) is 12.2. The van der Waals surface area contributed by atoms with Gasteiger partial charge in [0.25, 0.3) is 0 Å². The van der Waals surface area contributed by atoms with Crippen LogP contribution in [0.3, 0.4) is 0 Å². The fourth-order valence-corrected chi connectivity index (χ4v) is 2.75. The van der Waals surface area contributed by atoms with Crippen molar-refractivity contribution in [3.8, 4) is 17.0 Å². The predicted octanol–water partition coefficient (Wildman–Crippen LogP) is 5.37. The Labute approximate surface area is 124 Å². The zero-order chi connectivity index (χ0) is 13.3. The Morgan fingerprint density at radius 3 is 2.11 bits per heavy atom. The largest absolute Gasteiger partial charge is 0.481 e. The van der Waals surface area contributed by atoms with Gasteiger partial charge in [-0.15, -0.1) is 0 Å². The molecule has 0 aliphatic carbocycles. The monoisotopic (exact) mass is 321 g/mol. The summed E-state index contributed by atoms with van der Waals surface area (Å²) < 4.78 is 5.17. The van der Waals surface area contributed by atoms with Crippen LogP contribution in [0, 0.1) is 0 Å². The van der Waals surface area contributed by atoms with E-state index in [2.05, 4.69) is 4.98 Å². The van der Waals surface area contributed by atoms with Crippen molar-refractivity contribution in [1.82, 2.24) is 4.98 Å². The number of pyridine rings is 1. The van der Waals surface area contributed by atoms with E-state index in [1.54, 1.807) is 18.2 Å². The maximum atomic E-state index is 6.16. The van der Waals surface area contributed by atoms with E-state index in [4.69, 9.17) is 51.1 Å². The Hall–Kier alpha value is -0.670. The van der Waals surface area contributed by atoms with Crippen LogP contribution in [0.25, 0.3) is 11.1 Å². The highest BCUT2D eigenvalue weighted by atomic mass is 35.5. The molecule has 0 N–H and O–H groups in total. The van der Waals surface area contributed by atoms with Gasteiger partial charge in [0, 0.05) is 22.3 Å². The first kappa shape index (κ1) is 13.8. The van der Waals surface area contributed by atoms with Crippen molar-refractivity contribution in [3.05, 3.63) is 44.5 Å². The second kappa shape index (κ2) is 5.54. The summed E-state index contributed by atoms with van der Waals surface area (Å²) in [5.41, 5.74) is 1.21. The molecule has 0 atom stereocenters. The van der Waals surface area contributed by atoms with Crippen molar-refractivity contribution in [3.63, 3.8) is 0 Å². The van der Waals surface area contributed by atoms with Gasteiger partial charge < -0.3 is 4.74 Å². The Balaban J connectivity index is 2.72.